The Kier molecular flexibility index (Phi) is 7.80. The lowest BCUT2D eigenvalue weighted by Gasteiger charge is -2.13. The first kappa shape index (κ1) is 24.5. The van der Waals surface area contributed by atoms with Crippen molar-refractivity contribution in [3.8, 4) is 5.75 Å². The number of rotatable bonds is 10. The second kappa shape index (κ2) is 11.2. The molecule has 0 unspecified atom stereocenters. The van der Waals surface area contributed by atoms with E-state index in [4.69, 9.17) is 15.2 Å². The number of nitrogen functional groups attached to an aromatic ring is 1. The largest absolute Gasteiger partial charge is 0.494 e. The zero-order valence-corrected chi connectivity index (χ0v) is 20.8. The smallest absolute Gasteiger partial charge is 0.305 e. The summed E-state index contributed by atoms with van der Waals surface area (Å²) in [6, 6.07) is 14.6. The summed E-state index contributed by atoms with van der Waals surface area (Å²) in [6.45, 7) is 7.02. The van der Waals surface area contributed by atoms with Gasteiger partial charge in [-0.2, -0.15) is 0 Å². The monoisotopic (exact) mass is 471 g/mol. The highest BCUT2D eigenvalue weighted by atomic mass is 16.5. The molecule has 0 radical (unpaired) electrons. The first-order valence-electron chi connectivity index (χ1n) is 12.3. The standard InChI is InChI=1S/C29H33N3O3/c1-4-34-26(33)7-5-6-16-35-23-12-11-21(20(3)18-23)9-10-22-14-15-31-28-27(22)24-13-8-19(2)17-25(24)32-29(28)30/h8,11-15,17-18H,4-7,9-10,16H2,1-3H3,(H2,30,32). The Morgan fingerprint density at radius 3 is 2.63 bits per heavy atom. The number of unbranched alkanes of at least 4 members (excludes halogenated alkanes) is 1. The maximum absolute atomic E-state index is 11.4. The van der Waals surface area contributed by atoms with Gasteiger partial charge in [-0.15, -0.1) is 0 Å². The molecule has 0 amide bonds. The van der Waals surface area contributed by atoms with E-state index in [0.717, 1.165) is 58.8 Å². The van der Waals surface area contributed by atoms with Crippen LogP contribution in [0, 0.1) is 13.8 Å². The normalized spacial score (nSPS) is 11.2. The van der Waals surface area contributed by atoms with Gasteiger partial charge in [0.25, 0.3) is 0 Å². The maximum atomic E-state index is 11.4. The first-order valence-corrected chi connectivity index (χ1v) is 12.3. The average molecular weight is 472 g/mol. The second-order valence-electron chi connectivity index (χ2n) is 8.91. The van der Waals surface area contributed by atoms with Crippen molar-refractivity contribution in [2.45, 2.75) is 52.9 Å². The number of benzene rings is 2. The van der Waals surface area contributed by atoms with Crippen molar-refractivity contribution in [2.75, 3.05) is 18.9 Å². The van der Waals surface area contributed by atoms with Gasteiger partial charge in [0.05, 0.1) is 18.7 Å². The molecule has 2 heterocycles. The van der Waals surface area contributed by atoms with Crippen molar-refractivity contribution in [1.82, 2.24) is 9.97 Å². The van der Waals surface area contributed by atoms with Crippen molar-refractivity contribution in [1.29, 1.82) is 0 Å². The number of carbonyl (C=O) groups excluding carboxylic acids is 1. The Bertz CT molecular complexity index is 1350. The van der Waals surface area contributed by atoms with Crippen LogP contribution < -0.4 is 10.5 Å². The molecule has 182 valence electrons. The Hall–Kier alpha value is -3.67. The molecule has 0 aliphatic heterocycles. The molecule has 0 saturated heterocycles. The number of ether oxygens (including phenoxy) is 2. The minimum Gasteiger partial charge on any atom is -0.494 e. The van der Waals surface area contributed by atoms with Gasteiger partial charge in [0.15, 0.2) is 5.82 Å². The van der Waals surface area contributed by atoms with Crippen LogP contribution in [-0.2, 0) is 22.4 Å². The summed E-state index contributed by atoms with van der Waals surface area (Å²) in [7, 11) is 0. The van der Waals surface area contributed by atoms with Gasteiger partial charge < -0.3 is 15.2 Å². The van der Waals surface area contributed by atoms with Gasteiger partial charge in [-0.25, -0.2) is 4.98 Å². The minimum absolute atomic E-state index is 0.142. The van der Waals surface area contributed by atoms with Crippen LogP contribution in [0.3, 0.4) is 0 Å². The maximum Gasteiger partial charge on any atom is 0.305 e. The highest BCUT2D eigenvalue weighted by molar-refractivity contribution is 6.09. The Morgan fingerprint density at radius 1 is 1.00 bits per heavy atom. The highest BCUT2D eigenvalue weighted by Gasteiger charge is 2.12. The molecule has 0 aliphatic rings. The van der Waals surface area contributed by atoms with Gasteiger partial charge >= 0.3 is 5.97 Å². The predicted molar refractivity (Wildman–Crippen MR) is 141 cm³/mol. The third-order valence-corrected chi connectivity index (χ3v) is 6.27. The van der Waals surface area contributed by atoms with Crippen LogP contribution in [0.4, 0.5) is 5.82 Å². The molecule has 35 heavy (non-hydrogen) atoms. The van der Waals surface area contributed by atoms with Crippen LogP contribution in [-0.4, -0.2) is 29.2 Å². The van der Waals surface area contributed by atoms with E-state index in [9.17, 15) is 4.79 Å². The SMILES string of the molecule is CCOC(=O)CCCCOc1ccc(CCc2ccnc3c(N)nc4cc(C)ccc4c23)c(C)c1. The number of aryl methyl sites for hydroxylation is 4. The van der Waals surface area contributed by atoms with Crippen LogP contribution in [0.1, 0.15) is 48.4 Å². The number of pyridine rings is 2. The molecule has 2 aromatic carbocycles. The first-order chi connectivity index (χ1) is 17.0. The fourth-order valence-corrected chi connectivity index (χ4v) is 4.44. The van der Waals surface area contributed by atoms with Crippen molar-refractivity contribution >= 4 is 33.6 Å². The molecular formula is C29H33N3O3. The lowest BCUT2D eigenvalue weighted by Crippen LogP contribution is -2.05. The predicted octanol–water partition coefficient (Wildman–Crippen LogP) is 5.88. The summed E-state index contributed by atoms with van der Waals surface area (Å²) in [5.41, 5.74) is 12.8. The minimum atomic E-state index is -0.142. The van der Waals surface area contributed by atoms with Crippen molar-refractivity contribution in [2.24, 2.45) is 0 Å². The van der Waals surface area contributed by atoms with E-state index in [1.165, 1.54) is 16.7 Å². The van der Waals surface area contributed by atoms with E-state index in [1.807, 2.05) is 19.2 Å². The Labute approximate surface area is 206 Å². The zero-order valence-electron chi connectivity index (χ0n) is 20.8. The van der Waals surface area contributed by atoms with Gasteiger partial charge in [-0.05, 0) is 93.0 Å². The molecule has 2 aromatic heterocycles. The zero-order chi connectivity index (χ0) is 24.8. The molecule has 0 bridgehead atoms. The number of nitrogens with two attached hydrogens (primary N) is 1. The van der Waals surface area contributed by atoms with Crippen LogP contribution >= 0.6 is 0 Å². The van der Waals surface area contributed by atoms with Gasteiger partial charge in [0.2, 0.25) is 0 Å². The van der Waals surface area contributed by atoms with E-state index >= 15 is 0 Å². The summed E-state index contributed by atoms with van der Waals surface area (Å²) in [4.78, 5) is 20.5. The Balaban J connectivity index is 1.43. The average Bonchev–Trinajstić information content (AvgIpc) is 2.83. The van der Waals surface area contributed by atoms with Crippen LogP contribution in [0.25, 0.3) is 21.8 Å². The molecule has 4 rings (SSSR count). The van der Waals surface area contributed by atoms with E-state index in [1.54, 1.807) is 0 Å². The van der Waals surface area contributed by atoms with E-state index in [-0.39, 0.29) is 5.97 Å². The molecular weight excluding hydrogens is 438 g/mol. The molecule has 0 fully saturated rings. The van der Waals surface area contributed by atoms with E-state index in [2.05, 4.69) is 60.2 Å². The van der Waals surface area contributed by atoms with Crippen LogP contribution in [0.15, 0.2) is 48.7 Å². The van der Waals surface area contributed by atoms with Gasteiger partial charge in [-0.3, -0.25) is 9.78 Å². The van der Waals surface area contributed by atoms with Crippen molar-refractivity contribution in [3.63, 3.8) is 0 Å². The quantitative estimate of drug-likeness (QED) is 0.177. The van der Waals surface area contributed by atoms with Crippen molar-refractivity contribution in [3.05, 3.63) is 70.9 Å². The van der Waals surface area contributed by atoms with Gasteiger partial charge in [0, 0.05) is 23.4 Å². The number of aromatic nitrogens is 2. The topological polar surface area (TPSA) is 87.3 Å². The summed E-state index contributed by atoms with van der Waals surface area (Å²) in [6.07, 6.45) is 5.63. The summed E-state index contributed by atoms with van der Waals surface area (Å²) in [5.74, 6) is 1.19. The highest BCUT2D eigenvalue weighted by Crippen LogP contribution is 2.31. The summed E-state index contributed by atoms with van der Waals surface area (Å²) in [5, 5.41) is 2.18. The fraction of sp³-hybridized carbons (Fsp3) is 0.345. The molecule has 6 heteroatoms. The van der Waals surface area contributed by atoms with Crippen LogP contribution in [0.5, 0.6) is 5.75 Å². The van der Waals surface area contributed by atoms with Crippen LogP contribution in [0.2, 0.25) is 0 Å². The fourth-order valence-electron chi connectivity index (χ4n) is 4.44. The van der Waals surface area contributed by atoms with Gasteiger partial charge in [-0.1, -0.05) is 18.2 Å². The lowest BCUT2D eigenvalue weighted by molar-refractivity contribution is -0.143. The third-order valence-electron chi connectivity index (χ3n) is 6.27. The molecule has 6 nitrogen and oxygen atoms in total. The number of hydrogen-bond donors (Lipinski definition) is 1. The summed E-state index contributed by atoms with van der Waals surface area (Å²) >= 11 is 0. The molecule has 4 aromatic rings. The Morgan fingerprint density at radius 2 is 1.83 bits per heavy atom. The molecule has 2 N–H and O–H groups in total. The number of fused-ring (bicyclic) bond motifs is 3. The number of esters is 1. The number of carbonyl (C=O) groups is 1. The lowest BCUT2D eigenvalue weighted by atomic mass is 9.96. The third kappa shape index (κ3) is 5.88. The van der Waals surface area contributed by atoms with Gasteiger partial charge in [0.1, 0.15) is 11.3 Å². The number of hydrogen-bond acceptors (Lipinski definition) is 6. The van der Waals surface area contributed by atoms with Crippen molar-refractivity contribution < 1.29 is 14.3 Å². The molecule has 0 atom stereocenters. The van der Waals surface area contributed by atoms with E-state index in [0.29, 0.717) is 25.5 Å². The second-order valence-corrected chi connectivity index (χ2v) is 8.91. The summed E-state index contributed by atoms with van der Waals surface area (Å²) < 4.78 is 10.8. The molecule has 0 aliphatic carbocycles. The molecule has 0 saturated carbocycles. The molecule has 0 spiro atoms. The number of nitrogens with zero attached hydrogens (tertiary/aromatic N) is 2. The van der Waals surface area contributed by atoms with E-state index < -0.39 is 0 Å². The number of anilines is 1.